The molecular formula is C11H19F3N2O3. The van der Waals surface area contributed by atoms with Gasteiger partial charge in [-0.25, -0.2) is 4.79 Å². The monoisotopic (exact) mass is 284 g/mol. The lowest BCUT2D eigenvalue weighted by atomic mass is 10.2. The maximum absolute atomic E-state index is 11.3. The van der Waals surface area contributed by atoms with Gasteiger partial charge in [0.15, 0.2) is 0 Å². The number of aliphatic carboxylic acids is 1. The third-order valence-electron chi connectivity index (χ3n) is 2.45. The van der Waals surface area contributed by atoms with Crippen LogP contribution in [0, 0.1) is 0 Å². The van der Waals surface area contributed by atoms with Gasteiger partial charge in [-0.15, -0.1) is 0 Å². The van der Waals surface area contributed by atoms with Crippen molar-refractivity contribution in [1.29, 1.82) is 0 Å². The second kappa shape index (κ2) is 8.73. The molecule has 3 N–H and O–H groups in total. The molecule has 1 aliphatic rings. The van der Waals surface area contributed by atoms with E-state index >= 15 is 0 Å². The second-order valence-corrected chi connectivity index (χ2v) is 4.10. The summed E-state index contributed by atoms with van der Waals surface area (Å²) in [7, 11) is 0. The van der Waals surface area contributed by atoms with Gasteiger partial charge < -0.3 is 15.7 Å². The van der Waals surface area contributed by atoms with Gasteiger partial charge in [-0.05, 0) is 25.8 Å². The van der Waals surface area contributed by atoms with Crippen LogP contribution in [0.5, 0.6) is 0 Å². The van der Waals surface area contributed by atoms with Crippen LogP contribution in [0.3, 0.4) is 0 Å². The van der Waals surface area contributed by atoms with Crippen molar-refractivity contribution >= 4 is 11.9 Å². The Kier molecular flexibility index (Phi) is 8.13. The lowest BCUT2D eigenvalue weighted by molar-refractivity contribution is -0.192. The van der Waals surface area contributed by atoms with E-state index < -0.39 is 12.1 Å². The van der Waals surface area contributed by atoms with Gasteiger partial charge in [-0.3, -0.25) is 4.79 Å². The van der Waals surface area contributed by atoms with Gasteiger partial charge in [-0.2, -0.15) is 13.2 Å². The number of carboxylic acid groups (broad SMARTS) is 1. The van der Waals surface area contributed by atoms with E-state index in [-0.39, 0.29) is 11.9 Å². The Labute approximate surface area is 109 Å². The number of carboxylic acids is 1. The van der Waals surface area contributed by atoms with Gasteiger partial charge in [0.1, 0.15) is 0 Å². The second-order valence-electron chi connectivity index (χ2n) is 4.10. The summed E-state index contributed by atoms with van der Waals surface area (Å²) < 4.78 is 31.7. The van der Waals surface area contributed by atoms with E-state index in [0.29, 0.717) is 0 Å². The molecular weight excluding hydrogens is 265 g/mol. The summed E-state index contributed by atoms with van der Waals surface area (Å²) in [6, 6.07) is 0.0851. The molecule has 5 nitrogen and oxygen atoms in total. The molecule has 19 heavy (non-hydrogen) atoms. The van der Waals surface area contributed by atoms with Crippen LogP contribution in [0.25, 0.3) is 0 Å². The fourth-order valence-electron chi connectivity index (χ4n) is 1.42. The SMILES string of the molecule is CCCCNC(=O)[C@@H]1CCCN1.O=C(O)C(F)(F)F. The maximum atomic E-state index is 11.3. The number of carbonyl (C=O) groups is 2. The molecule has 0 aromatic carbocycles. The molecule has 1 rings (SSSR count). The largest absolute Gasteiger partial charge is 0.490 e. The quantitative estimate of drug-likeness (QED) is 0.680. The van der Waals surface area contributed by atoms with Crippen LogP contribution in [0.2, 0.25) is 0 Å². The molecule has 1 fully saturated rings. The number of amides is 1. The molecule has 0 saturated carbocycles. The average molecular weight is 284 g/mol. The van der Waals surface area contributed by atoms with E-state index in [1.54, 1.807) is 0 Å². The molecule has 1 aliphatic heterocycles. The van der Waals surface area contributed by atoms with E-state index in [1.807, 2.05) is 0 Å². The molecule has 0 aromatic rings. The third-order valence-corrected chi connectivity index (χ3v) is 2.45. The number of unbranched alkanes of at least 4 members (excludes halogenated alkanes) is 1. The highest BCUT2D eigenvalue weighted by Crippen LogP contribution is 2.13. The number of rotatable bonds is 4. The van der Waals surface area contributed by atoms with Crippen molar-refractivity contribution in [2.45, 2.75) is 44.8 Å². The van der Waals surface area contributed by atoms with Crippen LogP contribution >= 0.6 is 0 Å². The van der Waals surface area contributed by atoms with Crippen LogP contribution < -0.4 is 10.6 Å². The van der Waals surface area contributed by atoms with E-state index in [2.05, 4.69) is 17.6 Å². The Morgan fingerprint density at radius 3 is 2.37 bits per heavy atom. The molecule has 1 atom stereocenters. The van der Waals surface area contributed by atoms with Gasteiger partial charge in [0.2, 0.25) is 5.91 Å². The Morgan fingerprint density at radius 2 is 2.00 bits per heavy atom. The first-order valence-electron chi connectivity index (χ1n) is 6.10. The van der Waals surface area contributed by atoms with Crippen molar-refractivity contribution in [2.24, 2.45) is 0 Å². The highest BCUT2D eigenvalue weighted by molar-refractivity contribution is 5.81. The average Bonchev–Trinajstić information content (AvgIpc) is 2.82. The Bertz CT molecular complexity index is 289. The zero-order valence-electron chi connectivity index (χ0n) is 10.7. The summed E-state index contributed by atoms with van der Waals surface area (Å²) in [5.74, 6) is -2.58. The van der Waals surface area contributed by atoms with Crippen molar-refractivity contribution in [2.75, 3.05) is 13.1 Å². The highest BCUT2D eigenvalue weighted by atomic mass is 19.4. The number of nitrogens with one attached hydrogen (secondary N) is 2. The zero-order chi connectivity index (χ0) is 14.9. The van der Waals surface area contributed by atoms with E-state index in [9.17, 15) is 18.0 Å². The number of alkyl halides is 3. The molecule has 112 valence electrons. The minimum absolute atomic E-state index is 0.0851. The standard InChI is InChI=1S/C9H18N2O.C2HF3O2/c1-2-3-6-11-9(12)8-5-4-7-10-8;3-2(4,5)1(6)7/h8,10H,2-7H2,1H3,(H,11,12);(H,6,7)/t8-;/m0./s1. The van der Waals surface area contributed by atoms with Gasteiger partial charge in [-0.1, -0.05) is 13.3 Å². The van der Waals surface area contributed by atoms with Crippen molar-refractivity contribution in [3.8, 4) is 0 Å². The van der Waals surface area contributed by atoms with Gasteiger partial charge >= 0.3 is 12.1 Å². The summed E-state index contributed by atoms with van der Waals surface area (Å²) in [6.45, 7) is 3.94. The number of carbonyl (C=O) groups excluding carboxylic acids is 1. The van der Waals surface area contributed by atoms with Crippen LogP contribution in [0.1, 0.15) is 32.6 Å². The molecule has 0 unspecified atom stereocenters. The van der Waals surface area contributed by atoms with Crippen LogP contribution in [-0.2, 0) is 9.59 Å². The van der Waals surface area contributed by atoms with Crippen molar-refractivity contribution in [3.05, 3.63) is 0 Å². The molecule has 8 heteroatoms. The summed E-state index contributed by atoms with van der Waals surface area (Å²) in [6.07, 6.45) is -0.735. The maximum Gasteiger partial charge on any atom is 0.490 e. The third kappa shape index (κ3) is 8.41. The topological polar surface area (TPSA) is 78.4 Å². The zero-order valence-corrected chi connectivity index (χ0v) is 10.7. The van der Waals surface area contributed by atoms with Crippen molar-refractivity contribution in [1.82, 2.24) is 10.6 Å². The summed E-state index contributed by atoms with van der Waals surface area (Å²) in [5.41, 5.74) is 0. The lowest BCUT2D eigenvalue weighted by Gasteiger charge is -2.09. The lowest BCUT2D eigenvalue weighted by Crippen LogP contribution is -2.40. The van der Waals surface area contributed by atoms with Gasteiger partial charge in [0, 0.05) is 6.54 Å². The highest BCUT2D eigenvalue weighted by Gasteiger charge is 2.38. The van der Waals surface area contributed by atoms with Crippen LogP contribution in [0.15, 0.2) is 0 Å². The Hall–Kier alpha value is -1.31. The first-order valence-corrected chi connectivity index (χ1v) is 6.10. The molecule has 0 spiro atoms. The van der Waals surface area contributed by atoms with Crippen molar-refractivity contribution < 1.29 is 27.9 Å². The summed E-state index contributed by atoms with van der Waals surface area (Å²) in [4.78, 5) is 20.2. The minimum Gasteiger partial charge on any atom is -0.475 e. The van der Waals surface area contributed by atoms with Crippen LogP contribution in [-0.4, -0.2) is 42.3 Å². The first-order chi connectivity index (χ1) is 8.79. The normalized spacial score (nSPS) is 18.4. The van der Waals surface area contributed by atoms with E-state index in [1.165, 1.54) is 0 Å². The Morgan fingerprint density at radius 1 is 1.42 bits per heavy atom. The molecule has 0 bridgehead atoms. The fourth-order valence-corrected chi connectivity index (χ4v) is 1.42. The molecule has 0 aromatic heterocycles. The summed E-state index contributed by atoms with van der Waals surface area (Å²) >= 11 is 0. The van der Waals surface area contributed by atoms with E-state index in [4.69, 9.17) is 9.90 Å². The molecule has 0 aliphatic carbocycles. The first kappa shape index (κ1) is 17.7. The van der Waals surface area contributed by atoms with E-state index in [0.717, 1.165) is 38.8 Å². The van der Waals surface area contributed by atoms with Gasteiger partial charge in [0.25, 0.3) is 0 Å². The number of hydrogen-bond acceptors (Lipinski definition) is 3. The molecule has 1 heterocycles. The fraction of sp³-hybridized carbons (Fsp3) is 0.818. The smallest absolute Gasteiger partial charge is 0.475 e. The molecule has 0 radical (unpaired) electrons. The number of halogens is 3. The Balaban J connectivity index is 0.000000399. The number of hydrogen-bond donors (Lipinski definition) is 3. The van der Waals surface area contributed by atoms with Gasteiger partial charge in [0.05, 0.1) is 6.04 Å². The predicted molar refractivity (Wildman–Crippen MR) is 62.6 cm³/mol. The minimum atomic E-state index is -5.08. The predicted octanol–water partition coefficient (Wildman–Crippen LogP) is 1.29. The molecule has 1 saturated heterocycles. The molecule has 1 amide bonds. The van der Waals surface area contributed by atoms with Crippen LogP contribution in [0.4, 0.5) is 13.2 Å². The summed E-state index contributed by atoms with van der Waals surface area (Å²) in [5, 5.41) is 13.2. The van der Waals surface area contributed by atoms with Crippen molar-refractivity contribution in [3.63, 3.8) is 0 Å².